The molecule has 6 heterocycles. The molecule has 0 aromatic heterocycles. The summed E-state index contributed by atoms with van der Waals surface area (Å²) in [6.07, 6.45) is 13.8. The molecule has 64 heavy (non-hydrogen) atoms. The quantitative estimate of drug-likeness (QED) is 0.204. The van der Waals surface area contributed by atoms with Gasteiger partial charge in [0, 0.05) is 51.7 Å². The highest BCUT2D eigenvalue weighted by molar-refractivity contribution is 5.78. The monoisotopic (exact) mass is 899 g/mol. The molecule has 5 fully saturated rings. The lowest BCUT2D eigenvalue weighted by Gasteiger charge is -2.49. The summed E-state index contributed by atoms with van der Waals surface area (Å²) in [6, 6.07) is 0. The Morgan fingerprint density at radius 3 is 2.28 bits per heavy atom. The number of fused-ring (bicyclic) bond motifs is 2. The molecule has 4 saturated heterocycles. The first kappa shape index (κ1) is 48.2. The highest BCUT2D eigenvalue weighted by Crippen LogP contribution is 2.48. The number of carbonyl (C=O) groups excluding carboxylic acids is 1. The van der Waals surface area contributed by atoms with Crippen LogP contribution in [0.5, 0.6) is 0 Å². The van der Waals surface area contributed by atoms with E-state index < -0.39 is 90.8 Å². The van der Waals surface area contributed by atoms with Crippen LogP contribution in [0.4, 0.5) is 0 Å². The second-order valence-electron chi connectivity index (χ2n) is 20.0. The third-order valence-electron chi connectivity index (χ3n) is 15.4. The largest absolute Gasteiger partial charge is 0.462 e. The van der Waals surface area contributed by atoms with Gasteiger partial charge in [0.05, 0.1) is 49.3 Å². The molecule has 0 aromatic rings. The van der Waals surface area contributed by atoms with Crippen LogP contribution in [0.15, 0.2) is 59.3 Å². The summed E-state index contributed by atoms with van der Waals surface area (Å²) in [4.78, 5) is 14.4. The van der Waals surface area contributed by atoms with E-state index in [1.54, 1.807) is 40.2 Å². The molecule has 8 rings (SSSR count). The van der Waals surface area contributed by atoms with Gasteiger partial charge in [0.25, 0.3) is 0 Å². The van der Waals surface area contributed by atoms with E-state index in [9.17, 15) is 20.1 Å². The fourth-order valence-corrected chi connectivity index (χ4v) is 11.7. The lowest BCUT2D eigenvalue weighted by atomic mass is 9.71. The van der Waals surface area contributed by atoms with Crippen molar-refractivity contribution in [3.05, 3.63) is 59.3 Å². The van der Waals surface area contributed by atoms with Crippen LogP contribution in [0.1, 0.15) is 106 Å². The van der Waals surface area contributed by atoms with Crippen molar-refractivity contribution in [3.63, 3.8) is 0 Å². The third-order valence-corrected chi connectivity index (χ3v) is 15.4. The van der Waals surface area contributed by atoms with Crippen molar-refractivity contribution >= 4 is 5.97 Å². The Morgan fingerprint density at radius 2 is 1.53 bits per heavy atom. The average Bonchev–Trinajstić information content (AvgIpc) is 3.62. The maximum atomic E-state index is 14.4. The Kier molecular flexibility index (Phi) is 15.1. The van der Waals surface area contributed by atoms with Crippen LogP contribution in [-0.2, 0) is 52.2 Å². The first-order valence-electron chi connectivity index (χ1n) is 24.0. The van der Waals surface area contributed by atoms with E-state index in [-0.39, 0.29) is 36.8 Å². The molecular weight excluding hydrogens is 825 g/mol. The van der Waals surface area contributed by atoms with Gasteiger partial charge in [-0.1, -0.05) is 69.6 Å². The maximum Gasteiger partial charge on any atom is 0.316 e. The molecule has 14 nitrogen and oxygen atoms in total. The molecule has 1 spiro atoms. The molecule has 358 valence electrons. The minimum atomic E-state index is -1.83. The highest BCUT2D eigenvalue weighted by atomic mass is 16.7. The molecule has 1 saturated carbocycles. The van der Waals surface area contributed by atoms with Crippen molar-refractivity contribution in [2.45, 2.75) is 203 Å². The van der Waals surface area contributed by atoms with E-state index in [1.807, 2.05) is 25.2 Å². The summed E-state index contributed by atoms with van der Waals surface area (Å²) < 4.78 is 64.1. The number of aliphatic hydroxyl groups is 3. The SMILES string of the molecule is CO[C@H]1C[C@@H](O[C@@H]2/C(C)=C/C[C@H]3C[C@@H](C[C@]4(C=C[C@H](C)[C@H](C5CCCCC5)O4)O3)OC(=O)[C@@H]3C=C(C)[C@H](O)[C@@H]4OC/C(=C\C=C\[C@@H]2C)[C@]34O)O[C@@H](C)[C@H]1O[C@H]1C[C@@H](OC)[C@@H](O)[C@@H](C)O1. The van der Waals surface area contributed by atoms with Crippen LogP contribution < -0.4 is 0 Å². The standard InChI is InChI=1S/C50H74O14/c1-27-13-12-16-34-26-57-47-42(51)30(4)21-37(50(34,47)54)48(53)60-36-22-35(63-49(25-36)20-19-29(3)45(64-49)33-14-10-9-11-15-33)18-17-28(2)44(27)61-41-24-39(56-8)46(32(6)59-41)62-40-23-38(55-7)43(52)31(5)58-40/h12-13,16-17,19-21,27,29,31-33,35-47,51-52,54H,9-11,14-15,18,22-26H2,1-8H3/b13-12+,28-17+,34-16+/t27-,29-,31+,32-,35-,36-,37-,38+,39-,40-,41+,42-,43-,44-,45+,46+,47-,49+,50-/m0/s1. The van der Waals surface area contributed by atoms with E-state index >= 15 is 0 Å². The fourth-order valence-electron chi connectivity index (χ4n) is 11.7. The Morgan fingerprint density at radius 1 is 0.812 bits per heavy atom. The van der Waals surface area contributed by atoms with E-state index in [0.29, 0.717) is 49.2 Å². The van der Waals surface area contributed by atoms with Crippen molar-refractivity contribution in [2.75, 3.05) is 20.8 Å². The molecule has 2 aliphatic carbocycles. The van der Waals surface area contributed by atoms with E-state index in [4.69, 9.17) is 47.4 Å². The Hall–Kier alpha value is -2.31. The molecule has 8 aliphatic rings. The third kappa shape index (κ3) is 9.82. The molecule has 19 atom stereocenters. The number of hydrogen-bond acceptors (Lipinski definition) is 14. The number of esters is 1. The van der Waals surface area contributed by atoms with Gasteiger partial charge in [0.1, 0.15) is 42.0 Å². The minimum absolute atomic E-state index is 0.0242. The van der Waals surface area contributed by atoms with Crippen molar-refractivity contribution in [1.82, 2.24) is 0 Å². The van der Waals surface area contributed by atoms with Crippen LogP contribution in [-0.4, -0.2) is 139 Å². The average molecular weight is 899 g/mol. The van der Waals surface area contributed by atoms with Gasteiger partial charge in [-0.25, -0.2) is 0 Å². The summed E-state index contributed by atoms with van der Waals surface area (Å²) in [5.74, 6) is -2.32. The summed E-state index contributed by atoms with van der Waals surface area (Å²) in [5.41, 5.74) is 0.166. The van der Waals surface area contributed by atoms with Gasteiger partial charge in [-0.3, -0.25) is 4.79 Å². The van der Waals surface area contributed by atoms with Gasteiger partial charge in [-0.2, -0.15) is 0 Å². The zero-order chi connectivity index (χ0) is 45.5. The fraction of sp³-hybridized carbons (Fsp3) is 0.780. The lowest BCUT2D eigenvalue weighted by Crippen LogP contribution is -2.58. The highest BCUT2D eigenvalue weighted by Gasteiger charge is 2.60. The van der Waals surface area contributed by atoms with Crippen LogP contribution in [0.2, 0.25) is 0 Å². The Labute approximate surface area is 379 Å². The molecule has 6 aliphatic heterocycles. The van der Waals surface area contributed by atoms with Gasteiger partial charge in [-0.15, -0.1) is 0 Å². The number of methoxy groups -OCH3 is 2. The first-order valence-corrected chi connectivity index (χ1v) is 24.0. The van der Waals surface area contributed by atoms with E-state index in [2.05, 4.69) is 32.9 Å². The molecule has 0 unspecified atom stereocenters. The van der Waals surface area contributed by atoms with Crippen molar-refractivity contribution in [2.24, 2.45) is 23.7 Å². The number of rotatable bonds is 7. The smallest absolute Gasteiger partial charge is 0.316 e. The van der Waals surface area contributed by atoms with Gasteiger partial charge in [-0.05, 0) is 75.7 Å². The van der Waals surface area contributed by atoms with Crippen LogP contribution >= 0.6 is 0 Å². The topological polar surface area (TPSA) is 170 Å². The van der Waals surface area contributed by atoms with Crippen LogP contribution in [0.25, 0.3) is 0 Å². The molecule has 0 amide bonds. The number of hydrogen-bond donors (Lipinski definition) is 3. The van der Waals surface area contributed by atoms with E-state index in [1.165, 1.54) is 19.3 Å². The number of carbonyl (C=O) groups is 1. The second kappa shape index (κ2) is 20.1. The van der Waals surface area contributed by atoms with E-state index in [0.717, 1.165) is 18.4 Å². The summed E-state index contributed by atoms with van der Waals surface area (Å²) >= 11 is 0. The molecule has 14 heteroatoms. The molecular formula is C50H74O14. The molecule has 3 N–H and O–H groups in total. The van der Waals surface area contributed by atoms with Gasteiger partial charge in [0.2, 0.25) is 0 Å². The zero-order valence-corrected chi connectivity index (χ0v) is 39.0. The second-order valence-corrected chi connectivity index (χ2v) is 20.0. The van der Waals surface area contributed by atoms with Gasteiger partial charge < -0.3 is 62.7 Å². The molecule has 0 aromatic carbocycles. The van der Waals surface area contributed by atoms with Crippen LogP contribution in [0.3, 0.4) is 0 Å². The first-order chi connectivity index (χ1) is 30.6. The predicted octanol–water partition coefficient (Wildman–Crippen LogP) is 5.91. The Balaban J connectivity index is 1.08. The lowest BCUT2D eigenvalue weighted by molar-refractivity contribution is -0.318. The minimum Gasteiger partial charge on any atom is -0.462 e. The van der Waals surface area contributed by atoms with Crippen molar-refractivity contribution in [1.29, 1.82) is 0 Å². The number of aliphatic hydroxyl groups excluding tert-OH is 2. The van der Waals surface area contributed by atoms with Crippen LogP contribution in [0, 0.1) is 23.7 Å². The maximum absolute atomic E-state index is 14.4. The summed E-state index contributed by atoms with van der Waals surface area (Å²) in [5, 5.41) is 34.3. The number of ether oxygens (including phenoxy) is 10. The Bertz CT molecular complexity index is 1790. The zero-order valence-electron chi connectivity index (χ0n) is 39.0. The van der Waals surface area contributed by atoms with Crippen molar-refractivity contribution in [3.8, 4) is 0 Å². The van der Waals surface area contributed by atoms with Gasteiger partial charge in [0.15, 0.2) is 18.4 Å². The summed E-state index contributed by atoms with van der Waals surface area (Å²) in [6.45, 7) is 11.9. The van der Waals surface area contributed by atoms with Gasteiger partial charge >= 0.3 is 5.97 Å². The number of allylic oxidation sites excluding steroid dienone is 2. The predicted molar refractivity (Wildman–Crippen MR) is 234 cm³/mol. The summed E-state index contributed by atoms with van der Waals surface area (Å²) in [7, 11) is 3.23. The molecule has 0 radical (unpaired) electrons. The van der Waals surface area contributed by atoms with Crippen molar-refractivity contribution < 1.29 is 67.5 Å². The molecule has 2 bridgehead atoms. The normalized spacial score (nSPS) is 49.2.